The first-order valence-electron chi connectivity index (χ1n) is 11.7. The van der Waals surface area contributed by atoms with Gasteiger partial charge in [-0.1, -0.05) is 37.3 Å². The monoisotopic (exact) mass is 405 g/mol. The molecule has 1 aliphatic heterocycles. The van der Waals surface area contributed by atoms with Crippen LogP contribution < -0.4 is 0 Å². The van der Waals surface area contributed by atoms with Gasteiger partial charge in [0.2, 0.25) is 17.7 Å². The molecule has 4 saturated carbocycles. The van der Waals surface area contributed by atoms with Crippen molar-refractivity contribution in [3.63, 3.8) is 0 Å². The van der Waals surface area contributed by atoms with Crippen LogP contribution in [0.15, 0.2) is 34.7 Å². The predicted molar refractivity (Wildman–Crippen MR) is 113 cm³/mol. The Bertz CT molecular complexity index is 916. The number of rotatable bonds is 4. The van der Waals surface area contributed by atoms with Crippen LogP contribution in [0.1, 0.15) is 62.3 Å². The van der Waals surface area contributed by atoms with Crippen molar-refractivity contribution in [1.82, 2.24) is 15.1 Å². The molecule has 5 nitrogen and oxygen atoms in total. The molecule has 0 N–H and O–H groups in total. The molecule has 30 heavy (non-hydrogen) atoms. The first-order valence-corrected chi connectivity index (χ1v) is 11.7. The van der Waals surface area contributed by atoms with Gasteiger partial charge in [0.15, 0.2) is 0 Å². The lowest BCUT2D eigenvalue weighted by Gasteiger charge is -2.64. The first kappa shape index (κ1) is 18.6. The molecule has 2 aromatic rings. The lowest BCUT2D eigenvalue weighted by Crippen LogP contribution is -2.60. The minimum absolute atomic E-state index is 0.0254. The van der Waals surface area contributed by atoms with E-state index in [1.807, 2.05) is 11.8 Å². The lowest BCUT2D eigenvalue weighted by molar-refractivity contribution is -0.146. The molecule has 1 amide bonds. The van der Waals surface area contributed by atoms with E-state index in [1.54, 1.807) is 0 Å². The number of amides is 1. The number of aryl methyl sites for hydroxylation is 1. The Morgan fingerprint density at radius 3 is 2.27 bits per heavy atom. The molecule has 5 heteroatoms. The van der Waals surface area contributed by atoms with Crippen LogP contribution in [0, 0.1) is 36.5 Å². The summed E-state index contributed by atoms with van der Waals surface area (Å²) in [7, 11) is 0. The predicted octanol–water partition coefficient (Wildman–Crippen LogP) is 4.33. The Balaban J connectivity index is 1.26. The molecular formula is C25H31N3O2. The van der Waals surface area contributed by atoms with Crippen LogP contribution in [0.3, 0.4) is 0 Å². The number of aromatic nitrogens is 2. The minimum Gasteiger partial charge on any atom is -0.425 e. The molecule has 0 spiro atoms. The van der Waals surface area contributed by atoms with E-state index in [2.05, 4.69) is 47.5 Å². The second-order valence-electron chi connectivity index (χ2n) is 10.5. The summed E-state index contributed by atoms with van der Waals surface area (Å²) in [5.41, 5.74) is 1.43. The number of hydrogen-bond donors (Lipinski definition) is 0. The molecule has 0 atom stereocenters. The van der Waals surface area contributed by atoms with Gasteiger partial charge in [0.1, 0.15) is 0 Å². The van der Waals surface area contributed by atoms with Crippen LogP contribution in [-0.2, 0) is 10.2 Å². The van der Waals surface area contributed by atoms with Crippen LogP contribution >= 0.6 is 0 Å². The van der Waals surface area contributed by atoms with Crippen LogP contribution in [-0.4, -0.2) is 34.1 Å². The lowest BCUT2D eigenvalue weighted by atomic mass is 9.41. The number of hydrogen-bond acceptors (Lipinski definition) is 4. The largest absolute Gasteiger partial charge is 0.425 e. The summed E-state index contributed by atoms with van der Waals surface area (Å²) in [4.78, 5) is 15.5. The normalized spacial score (nSPS) is 37.4. The smallest absolute Gasteiger partial charge is 0.223 e. The molecule has 5 fully saturated rings. The quantitative estimate of drug-likeness (QED) is 0.759. The van der Waals surface area contributed by atoms with E-state index in [1.165, 1.54) is 31.2 Å². The summed E-state index contributed by atoms with van der Waals surface area (Å²) in [6.07, 6.45) is 5.89. The Hall–Kier alpha value is -2.17. The number of benzene rings is 1. The van der Waals surface area contributed by atoms with E-state index in [4.69, 9.17) is 4.42 Å². The Morgan fingerprint density at radius 1 is 1.07 bits per heavy atom. The Labute approximate surface area is 178 Å². The third-order valence-corrected chi connectivity index (χ3v) is 9.17. The zero-order valence-electron chi connectivity index (χ0n) is 18.0. The highest BCUT2D eigenvalue weighted by Gasteiger charge is 2.60. The Kier molecular flexibility index (Phi) is 4.13. The molecule has 1 aromatic heterocycles. The molecular weight excluding hydrogens is 374 g/mol. The molecule has 1 saturated heterocycles. The summed E-state index contributed by atoms with van der Waals surface area (Å²) >= 11 is 0. The third kappa shape index (κ3) is 2.63. The zero-order chi connectivity index (χ0) is 20.5. The van der Waals surface area contributed by atoms with Crippen molar-refractivity contribution in [1.29, 1.82) is 0 Å². The number of nitrogens with zero attached hydrogens (tertiary/aromatic N) is 3. The van der Waals surface area contributed by atoms with Gasteiger partial charge < -0.3 is 9.32 Å². The SMILES string of the molecule is Cc1nnc(C2CN(C(=O)CC3(c4ccccc4)C4CC5CC3CC(C4)C5C)C2)o1. The average molecular weight is 406 g/mol. The van der Waals surface area contributed by atoms with Crippen molar-refractivity contribution < 1.29 is 9.21 Å². The summed E-state index contributed by atoms with van der Waals surface area (Å²) in [6, 6.07) is 11.0. The van der Waals surface area contributed by atoms with Gasteiger partial charge in [-0.3, -0.25) is 4.79 Å². The fourth-order valence-corrected chi connectivity index (χ4v) is 7.55. The number of carbonyl (C=O) groups excluding carboxylic acids is 1. The van der Waals surface area contributed by atoms with Crippen LogP contribution in [0.4, 0.5) is 0 Å². The van der Waals surface area contributed by atoms with Gasteiger partial charge in [-0.2, -0.15) is 0 Å². The molecule has 5 aliphatic rings. The van der Waals surface area contributed by atoms with Crippen LogP contribution in [0.25, 0.3) is 0 Å². The number of carbonyl (C=O) groups is 1. The summed E-state index contributed by atoms with van der Waals surface area (Å²) < 4.78 is 5.58. The van der Waals surface area contributed by atoms with Crippen molar-refractivity contribution in [3.8, 4) is 0 Å². The second-order valence-corrected chi connectivity index (χ2v) is 10.5. The van der Waals surface area contributed by atoms with E-state index in [-0.39, 0.29) is 11.3 Å². The van der Waals surface area contributed by atoms with E-state index in [0.717, 1.165) is 17.8 Å². The molecule has 158 valence electrons. The van der Waals surface area contributed by atoms with Crippen molar-refractivity contribution in [2.45, 2.75) is 57.3 Å². The standard InChI is InChI=1S/C25H31N3O2/c1-15-17-8-21-10-18(15)11-22(9-17)25(21,20-6-4-3-5-7-20)12-23(29)28-13-19(14-28)24-27-26-16(2)30-24/h3-7,15,17-19,21-22H,8-14H2,1-2H3. The van der Waals surface area contributed by atoms with Crippen LogP contribution in [0.2, 0.25) is 0 Å². The van der Waals surface area contributed by atoms with E-state index in [0.29, 0.717) is 49.0 Å². The number of likely N-dealkylation sites (tertiary alicyclic amines) is 1. The molecule has 4 bridgehead atoms. The molecule has 1 aromatic carbocycles. The van der Waals surface area contributed by atoms with E-state index >= 15 is 0 Å². The van der Waals surface area contributed by atoms with Gasteiger partial charge >= 0.3 is 0 Å². The minimum atomic E-state index is 0.0254. The molecule has 4 aliphatic carbocycles. The fourth-order valence-electron chi connectivity index (χ4n) is 7.55. The van der Waals surface area contributed by atoms with Gasteiger partial charge in [0.25, 0.3) is 0 Å². The maximum absolute atomic E-state index is 13.5. The van der Waals surface area contributed by atoms with Gasteiger partial charge in [0.05, 0.1) is 5.92 Å². The van der Waals surface area contributed by atoms with Crippen molar-refractivity contribution in [2.75, 3.05) is 13.1 Å². The first-order chi connectivity index (χ1) is 14.5. The van der Waals surface area contributed by atoms with Gasteiger partial charge in [0, 0.05) is 31.8 Å². The highest BCUT2D eigenvalue weighted by atomic mass is 16.4. The summed E-state index contributed by atoms with van der Waals surface area (Å²) in [5, 5.41) is 8.09. The maximum atomic E-state index is 13.5. The van der Waals surface area contributed by atoms with Gasteiger partial charge in [-0.05, 0) is 60.8 Å². The summed E-state index contributed by atoms with van der Waals surface area (Å²) in [6.45, 7) is 5.71. The van der Waals surface area contributed by atoms with Crippen LogP contribution in [0.5, 0.6) is 0 Å². The topological polar surface area (TPSA) is 59.2 Å². The van der Waals surface area contributed by atoms with Gasteiger partial charge in [-0.15, -0.1) is 10.2 Å². The highest BCUT2D eigenvalue weighted by molar-refractivity contribution is 5.79. The average Bonchev–Trinajstić information content (AvgIpc) is 3.11. The second kappa shape index (κ2) is 6.66. The zero-order valence-corrected chi connectivity index (χ0v) is 18.0. The highest BCUT2D eigenvalue weighted by Crippen LogP contribution is 2.65. The Morgan fingerprint density at radius 2 is 1.70 bits per heavy atom. The van der Waals surface area contributed by atoms with Crippen molar-refractivity contribution >= 4 is 5.91 Å². The maximum Gasteiger partial charge on any atom is 0.223 e. The molecule has 0 unspecified atom stereocenters. The third-order valence-electron chi connectivity index (χ3n) is 9.17. The van der Waals surface area contributed by atoms with E-state index in [9.17, 15) is 4.79 Å². The van der Waals surface area contributed by atoms with E-state index < -0.39 is 0 Å². The van der Waals surface area contributed by atoms with Crippen molar-refractivity contribution in [3.05, 3.63) is 47.7 Å². The summed E-state index contributed by atoms with van der Waals surface area (Å²) in [5.74, 6) is 5.70. The fraction of sp³-hybridized carbons (Fsp3) is 0.640. The van der Waals surface area contributed by atoms with Gasteiger partial charge in [-0.25, -0.2) is 0 Å². The molecule has 0 radical (unpaired) electrons. The molecule has 7 rings (SSSR count). The molecule has 2 heterocycles. The van der Waals surface area contributed by atoms with Crippen molar-refractivity contribution in [2.24, 2.45) is 29.6 Å².